The molecule has 1 heterocycles. The summed E-state index contributed by atoms with van der Waals surface area (Å²) in [7, 11) is 0. The highest BCUT2D eigenvalue weighted by Crippen LogP contribution is 2.59. The molecular weight excluding hydrogens is 264 g/mol. The molecule has 2 unspecified atom stereocenters. The highest BCUT2D eigenvalue weighted by atomic mass is 35.5. The molecule has 4 bridgehead atoms. The highest BCUT2D eigenvalue weighted by Gasteiger charge is 2.64. The summed E-state index contributed by atoms with van der Waals surface area (Å²) in [6.07, 6.45) is 9.51. The van der Waals surface area contributed by atoms with Crippen LogP contribution in [0.4, 0.5) is 0 Å². The fraction of sp³-hybridized carbons (Fsp3) is 0.600. The zero-order valence-electron chi connectivity index (χ0n) is 10.5. The second kappa shape index (κ2) is 3.72. The molecule has 2 fully saturated rings. The summed E-state index contributed by atoms with van der Waals surface area (Å²) in [6.45, 7) is 0. The first kappa shape index (κ1) is 11.7. The molecule has 0 amide bonds. The third kappa shape index (κ3) is 1.34. The van der Waals surface area contributed by atoms with Gasteiger partial charge in [0, 0.05) is 5.92 Å². The molecule has 1 saturated carbocycles. The van der Waals surface area contributed by atoms with Crippen LogP contribution in [-0.4, -0.2) is 16.8 Å². The number of halogens is 1. The monoisotopic (exact) mass is 278 g/mol. The molecule has 3 nitrogen and oxygen atoms in total. The Kier molecular flexibility index (Phi) is 2.29. The van der Waals surface area contributed by atoms with E-state index in [0.717, 1.165) is 36.8 Å². The minimum Gasteiger partial charge on any atom is -0.393 e. The largest absolute Gasteiger partial charge is 0.393 e. The highest BCUT2D eigenvalue weighted by molar-refractivity contribution is 6.31. The predicted octanol–water partition coefficient (Wildman–Crippen LogP) is 2.74. The third-order valence-electron chi connectivity index (χ3n) is 5.04. The second-order valence-electron chi connectivity index (χ2n) is 5.98. The van der Waals surface area contributed by atoms with Gasteiger partial charge in [-0.05, 0) is 36.8 Å². The Labute approximate surface area is 116 Å². The SMILES string of the molecule is O=C1OC(=O)C2C1C1C=C3CCCCCC(=C1)C32Cl. The molecule has 1 saturated heterocycles. The van der Waals surface area contributed by atoms with Crippen molar-refractivity contribution in [2.24, 2.45) is 17.8 Å². The molecule has 0 aromatic heterocycles. The van der Waals surface area contributed by atoms with Crippen molar-refractivity contribution in [2.45, 2.75) is 37.0 Å². The van der Waals surface area contributed by atoms with Gasteiger partial charge in [-0.3, -0.25) is 9.59 Å². The van der Waals surface area contributed by atoms with Gasteiger partial charge in [-0.2, -0.15) is 0 Å². The Bertz CT molecular complexity index is 522. The molecule has 5 aliphatic rings. The first-order chi connectivity index (χ1) is 9.12. The smallest absolute Gasteiger partial charge is 0.319 e. The number of allylic oxidation sites excluding steroid dienone is 4. The average Bonchev–Trinajstić information content (AvgIpc) is 2.68. The lowest BCUT2D eigenvalue weighted by Gasteiger charge is -2.48. The summed E-state index contributed by atoms with van der Waals surface area (Å²) in [6, 6.07) is 0. The molecule has 19 heavy (non-hydrogen) atoms. The normalized spacial score (nSPS) is 43.9. The van der Waals surface area contributed by atoms with E-state index in [9.17, 15) is 9.59 Å². The number of hydrogen-bond donors (Lipinski definition) is 0. The number of alkyl halides is 1. The number of carbonyl (C=O) groups is 2. The lowest BCUT2D eigenvalue weighted by molar-refractivity contribution is -0.153. The van der Waals surface area contributed by atoms with Gasteiger partial charge in [0.15, 0.2) is 0 Å². The maximum atomic E-state index is 12.1. The second-order valence-corrected chi connectivity index (χ2v) is 6.57. The van der Waals surface area contributed by atoms with Crippen LogP contribution in [0.3, 0.4) is 0 Å². The van der Waals surface area contributed by atoms with Crippen LogP contribution in [0.2, 0.25) is 0 Å². The zero-order chi connectivity index (χ0) is 13.2. The van der Waals surface area contributed by atoms with Crippen molar-refractivity contribution < 1.29 is 14.3 Å². The minimum absolute atomic E-state index is 0.00711. The van der Waals surface area contributed by atoms with E-state index in [4.69, 9.17) is 16.3 Å². The van der Waals surface area contributed by atoms with Crippen molar-refractivity contribution in [1.82, 2.24) is 0 Å². The fourth-order valence-corrected chi connectivity index (χ4v) is 4.75. The topological polar surface area (TPSA) is 43.4 Å². The first-order valence-corrected chi connectivity index (χ1v) is 7.37. The maximum absolute atomic E-state index is 12.1. The van der Waals surface area contributed by atoms with Gasteiger partial charge < -0.3 is 4.74 Å². The van der Waals surface area contributed by atoms with Crippen LogP contribution in [0.15, 0.2) is 23.3 Å². The average molecular weight is 279 g/mol. The van der Waals surface area contributed by atoms with E-state index < -0.39 is 28.6 Å². The van der Waals surface area contributed by atoms with Gasteiger partial charge in [-0.25, -0.2) is 0 Å². The van der Waals surface area contributed by atoms with Crippen LogP contribution < -0.4 is 0 Å². The molecule has 100 valence electrons. The van der Waals surface area contributed by atoms with Gasteiger partial charge in [0.25, 0.3) is 0 Å². The Balaban J connectivity index is 1.90. The van der Waals surface area contributed by atoms with Gasteiger partial charge in [-0.15, -0.1) is 11.6 Å². The standard InChI is InChI=1S/C15H15ClO3/c16-15-9-4-2-1-3-5-10(15)7-8(6-9)11-12(15)14(18)19-13(11)17/h6-8,11-12H,1-5H2. The van der Waals surface area contributed by atoms with E-state index in [1.54, 1.807) is 0 Å². The molecule has 0 N–H and O–H groups in total. The van der Waals surface area contributed by atoms with Crippen molar-refractivity contribution in [3.63, 3.8) is 0 Å². The molecule has 0 aromatic carbocycles. The number of cyclic esters (lactones) is 2. The number of hydrogen-bond acceptors (Lipinski definition) is 3. The molecule has 4 heteroatoms. The molecule has 0 radical (unpaired) electrons. The number of ether oxygens (including phenoxy) is 1. The number of carbonyl (C=O) groups excluding carboxylic acids is 2. The molecule has 0 aromatic rings. The van der Waals surface area contributed by atoms with E-state index in [1.807, 2.05) is 0 Å². The van der Waals surface area contributed by atoms with Crippen LogP contribution in [0.1, 0.15) is 32.1 Å². The molecule has 4 aliphatic carbocycles. The van der Waals surface area contributed by atoms with Gasteiger partial charge in [-0.1, -0.05) is 18.6 Å². The van der Waals surface area contributed by atoms with Crippen molar-refractivity contribution in [1.29, 1.82) is 0 Å². The molecular formula is C15H15ClO3. The lowest BCUT2D eigenvalue weighted by atomic mass is 9.58. The summed E-state index contributed by atoms with van der Waals surface area (Å²) >= 11 is 6.91. The van der Waals surface area contributed by atoms with Crippen LogP contribution >= 0.6 is 11.6 Å². The Morgan fingerprint density at radius 3 is 2.32 bits per heavy atom. The van der Waals surface area contributed by atoms with Crippen molar-refractivity contribution in [3.8, 4) is 0 Å². The van der Waals surface area contributed by atoms with Crippen LogP contribution in [-0.2, 0) is 14.3 Å². The summed E-state index contributed by atoms with van der Waals surface area (Å²) in [5.74, 6) is -1.70. The number of rotatable bonds is 0. The lowest BCUT2D eigenvalue weighted by Crippen LogP contribution is -2.51. The Morgan fingerprint density at radius 1 is 1.05 bits per heavy atom. The van der Waals surface area contributed by atoms with Crippen LogP contribution in [0.5, 0.6) is 0 Å². The maximum Gasteiger partial charge on any atom is 0.319 e. The van der Waals surface area contributed by atoms with Gasteiger partial charge in [0.05, 0.1) is 11.8 Å². The number of esters is 2. The van der Waals surface area contributed by atoms with Gasteiger partial charge >= 0.3 is 11.9 Å². The summed E-state index contributed by atoms with van der Waals surface area (Å²) in [5, 5.41) is 0. The Morgan fingerprint density at radius 2 is 1.68 bits per heavy atom. The van der Waals surface area contributed by atoms with Crippen molar-refractivity contribution in [2.75, 3.05) is 0 Å². The van der Waals surface area contributed by atoms with E-state index in [-0.39, 0.29) is 5.92 Å². The minimum atomic E-state index is -0.775. The molecule has 0 spiro atoms. The molecule has 1 aliphatic heterocycles. The van der Waals surface area contributed by atoms with Crippen LogP contribution in [0, 0.1) is 17.8 Å². The summed E-state index contributed by atoms with van der Waals surface area (Å²) < 4.78 is 4.86. The van der Waals surface area contributed by atoms with E-state index in [0.29, 0.717) is 0 Å². The quantitative estimate of drug-likeness (QED) is 0.296. The van der Waals surface area contributed by atoms with E-state index in [2.05, 4.69) is 12.2 Å². The van der Waals surface area contributed by atoms with Gasteiger partial charge in [0.1, 0.15) is 4.87 Å². The predicted molar refractivity (Wildman–Crippen MR) is 69.4 cm³/mol. The van der Waals surface area contributed by atoms with Crippen LogP contribution in [0.25, 0.3) is 0 Å². The summed E-state index contributed by atoms with van der Waals surface area (Å²) in [4.78, 5) is 23.2. The van der Waals surface area contributed by atoms with E-state index >= 15 is 0 Å². The van der Waals surface area contributed by atoms with E-state index in [1.165, 1.54) is 6.42 Å². The van der Waals surface area contributed by atoms with Gasteiger partial charge in [0.2, 0.25) is 0 Å². The van der Waals surface area contributed by atoms with Crippen molar-refractivity contribution >= 4 is 23.5 Å². The summed E-state index contributed by atoms with van der Waals surface area (Å²) in [5.41, 5.74) is 2.29. The first-order valence-electron chi connectivity index (χ1n) is 6.99. The molecule has 5 rings (SSSR count). The fourth-order valence-electron chi connectivity index (χ4n) is 4.21. The Hall–Kier alpha value is -1.09. The third-order valence-corrected chi connectivity index (χ3v) is 5.76. The zero-order valence-corrected chi connectivity index (χ0v) is 11.3. The molecule has 2 atom stereocenters. The van der Waals surface area contributed by atoms with Crippen molar-refractivity contribution in [3.05, 3.63) is 23.3 Å².